The highest BCUT2D eigenvalue weighted by Crippen LogP contribution is 2.35. The topological polar surface area (TPSA) is 68.0 Å². The van der Waals surface area contributed by atoms with E-state index in [0.29, 0.717) is 27.2 Å². The van der Waals surface area contributed by atoms with Crippen molar-refractivity contribution in [2.45, 2.75) is 6.54 Å². The number of nitrogens with zero attached hydrogens (tertiary/aromatic N) is 1. The Morgan fingerprint density at radius 1 is 1.15 bits per heavy atom. The summed E-state index contributed by atoms with van der Waals surface area (Å²) in [6.45, 7) is 0.331. The molecule has 0 fully saturated rings. The summed E-state index contributed by atoms with van der Waals surface area (Å²) in [5.74, 6) is -0.237. The monoisotopic (exact) mass is 433 g/mol. The maximum atomic E-state index is 12.6. The summed E-state index contributed by atoms with van der Waals surface area (Å²) in [6, 6.07) is 13.1. The summed E-state index contributed by atoms with van der Waals surface area (Å²) in [5.41, 5.74) is 8.38. The van der Waals surface area contributed by atoms with Gasteiger partial charge in [-0.05, 0) is 41.3 Å². The van der Waals surface area contributed by atoms with Gasteiger partial charge in [0, 0.05) is 11.9 Å². The Morgan fingerprint density at radius 2 is 2.00 bits per heavy atom. The van der Waals surface area contributed by atoms with Crippen molar-refractivity contribution in [3.05, 3.63) is 68.3 Å². The number of fused-ring (bicyclic) bond motifs is 1. The van der Waals surface area contributed by atoms with Gasteiger partial charge in [0.2, 0.25) is 0 Å². The van der Waals surface area contributed by atoms with Crippen LogP contribution in [0.3, 0.4) is 0 Å². The smallest absolute Gasteiger partial charge is 0.263 e. The largest absolute Gasteiger partial charge is 0.397 e. The average Bonchev–Trinajstić information content (AvgIpc) is 3.31. The SMILES string of the molecule is Nc1c(C(=O)NCc2ccc(Cl)c(Cl)c2)sc2nc(-c3cccs3)ccc12. The first kappa shape index (κ1) is 18.3. The Labute approximate surface area is 173 Å². The lowest BCUT2D eigenvalue weighted by atomic mass is 10.2. The number of nitrogens with one attached hydrogen (secondary N) is 1. The molecule has 1 amide bonds. The number of hydrogen-bond acceptors (Lipinski definition) is 5. The number of carbonyl (C=O) groups is 1. The molecule has 0 atom stereocenters. The van der Waals surface area contributed by atoms with Crippen molar-refractivity contribution in [3.8, 4) is 10.6 Å². The van der Waals surface area contributed by atoms with Gasteiger partial charge in [-0.25, -0.2) is 4.98 Å². The van der Waals surface area contributed by atoms with Gasteiger partial charge in [0.1, 0.15) is 9.71 Å². The molecule has 0 saturated carbocycles. The normalized spacial score (nSPS) is 11.0. The number of nitrogens with two attached hydrogens (primary N) is 1. The quantitative estimate of drug-likeness (QED) is 0.424. The summed E-state index contributed by atoms with van der Waals surface area (Å²) < 4.78 is 0. The number of thiophene rings is 2. The van der Waals surface area contributed by atoms with Crippen LogP contribution in [0.1, 0.15) is 15.2 Å². The van der Waals surface area contributed by atoms with Crippen molar-refractivity contribution in [3.63, 3.8) is 0 Å². The van der Waals surface area contributed by atoms with E-state index in [1.165, 1.54) is 11.3 Å². The van der Waals surface area contributed by atoms with Gasteiger partial charge in [0.25, 0.3) is 5.91 Å². The highest BCUT2D eigenvalue weighted by molar-refractivity contribution is 7.21. The molecule has 0 aliphatic heterocycles. The van der Waals surface area contributed by atoms with Crippen LogP contribution in [0.2, 0.25) is 10.0 Å². The van der Waals surface area contributed by atoms with Crippen LogP contribution in [0, 0.1) is 0 Å². The van der Waals surface area contributed by atoms with Gasteiger partial charge in [0.15, 0.2) is 0 Å². The third-order valence-electron chi connectivity index (χ3n) is 4.01. The fraction of sp³-hybridized carbons (Fsp3) is 0.0526. The molecule has 0 spiro atoms. The van der Waals surface area contributed by atoms with Gasteiger partial charge in [-0.15, -0.1) is 22.7 Å². The number of pyridine rings is 1. The van der Waals surface area contributed by atoms with Crippen LogP contribution in [-0.2, 0) is 6.54 Å². The summed E-state index contributed by atoms with van der Waals surface area (Å²) in [6.07, 6.45) is 0. The molecule has 1 aromatic carbocycles. The molecule has 3 heterocycles. The molecule has 8 heteroatoms. The molecule has 4 rings (SSSR count). The van der Waals surface area contributed by atoms with E-state index < -0.39 is 0 Å². The fourth-order valence-corrected chi connectivity index (χ4v) is 4.67. The van der Waals surface area contributed by atoms with E-state index in [-0.39, 0.29) is 5.91 Å². The second-order valence-corrected chi connectivity index (χ2v) is 8.56. The summed E-state index contributed by atoms with van der Waals surface area (Å²) in [4.78, 5) is 19.6. The number of hydrogen-bond donors (Lipinski definition) is 2. The first-order chi connectivity index (χ1) is 13.0. The van der Waals surface area contributed by atoms with E-state index in [4.69, 9.17) is 28.9 Å². The van der Waals surface area contributed by atoms with Gasteiger partial charge >= 0.3 is 0 Å². The Bertz CT molecular complexity index is 1140. The highest BCUT2D eigenvalue weighted by Gasteiger charge is 2.18. The molecule has 0 aliphatic carbocycles. The van der Waals surface area contributed by atoms with E-state index in [1.54, 1.807) is 23.5 Å². The van der Waals surface area contributed by atoms with Gasteiger partial charge < -0.3 is 11.1 Å². The summed E-state index contributed by atoms with van der Waals surface area (Å²) >= 11 is 14.8. The number of benzene rings is 1. The number of aromatic nitrogens is 1. The minimum Gasteiger partial charge on any atom is -0.397 e. The Morgan fingerprint density at radius 3 is 2.74 bits per heavy atom. The van der Waals surface area contributed by atoms with Crippen molar-refractivity contribution in [1.29, 1.82) is 0 Å². The van der Waals surface area contributed by atoms with Crippen molar-refractivity contribution < 1.29 is 4.79 Å². The lowest BCUT2D eigenvalue weighted by molar-refractivity contribution is 0.0956. The van der Waals surface area contributed by atoms with E-state index in [0.717, 1.165) is 26.4 Å². The molecular weight excluding hydrogens is 421 g/mol. The molecule has 4 aromatic rings. The molecule has 0 radical (unpaired) electrons. The molecular formula is C19H13Cl2N3OS2. The predicted octanol–water partition coefficient (Wildman–Crippen LogP) is 5.84. The zero-order valence-electron chi connectivity index (χ0n) is 13.8. The van der Waals surface area contributed by atoms with Crippen molar-refractivity contribution in [2.24, 2.45) is 0 Å². The molecule has 27 heavy (non-hydrogen) atoms. The van der Waals surface area contributed by atoms with Crippen molar-refractivity contribution in [1.82, 2.24) is 10.3 Å². The second-order valence-electron chi connectivity index (χ2n) is 5.80. The predicted molar refractivity (Wildman–Crippen MR) is 115 cm³/mol. The molecule has 0 aliphatic rings. The molecule has 0 saturated heterocycles. The average molecular weight is 434 g/mol. The molecule has 3 N–H and O–H groups in total. The number of rotatable bonds is 4. The molecule has 4 nitrogen and oxygen atoms in total. The van der Waals surface area contributed by atoms with Crippen LogP contribution in [0.15, 0.2) is 47.8 Å². The maximum Gasteiger partial charge on any atom is 0.263 e. The molecule has 0 unspecified atom stereocenters. The zero-order valence-corrected chi connectivity index (χ0v) is 17.0. The molecule has 3 aromatic heterocycles. The zero-order chi connectivity index (χ0) is 19.0. The highest BCUT2D eigenvalue weighted by atomic mass is 35.5. The Hall–Kier alpha value is -2.12. The minimum absolute atomic E-state index is 0.237. The van der Waals surface area contributed by atoms with E-state index in [9.17, 15) is 4.79 Å². The minimum atomic E-state index is -0.237. The van der Waals surface area contributed by atoms with Gasteiger partial charge in [-0.2, -0.15) is 0 Å². The maximum absolute atomic E-state index is 12.6. The molecule has 136 valence electrons. The molecule has 0 bridgehead atoms. The van der Waals surface area contributed by atoms with Crippen LogP contribution in [0.25, 0.3) is 20.8 Å². The van der Waals surface area contributed by atoms with Gasteiger partial charge in [-0.3, -0.25) is 4.79 Å². The van der Waals surface area contributed by atoms with Gasteiger partial charge in [0.05, 0.1) is 26.3 Å². The Kier molecular flexibility index (Phi) is 5.06. The second kappa shape index (κ2) is 7.48. The number of anilines is 1. The fourth-order valence-electron chi connectivity index (χ4n) is 2.64. The standard InChI is InChI=1S/C19H13Cl2N3OS2/c20-12-5-3-10(8-13(12)21)9-23-18(25)17-16(22)11-4-6-14(24-19(11)27-17)15-2-1-7-26-15/h1-8H,9,22H2,(H,23,25). The van der Waals surface area contributed by atoms with Crippen LogP contribution >= 0.6 is 45.9 Å². The Balaban J connectivity index is 1.57. The summed E-state index contributed by atoms with van der Waals surface area (Å²) in [7, 11) is 0. The first-order valence-electron chi connectivity index (χ1n) is 7.98. The van der Waals surface area contributed by atoms with Crippen molar-refractivity contribution in [2.75, 3.05) is 5.73 Å². The third kappa shape index (κ3) is 3.66. The lowest BCUT2D eigenvalue weighted by Crippen LogP contribution is -2.22. The number of carbonyl (C=O) groups excluding carboxylic acids is 1. The van der Waals surface area contributed by atoms with Crippen LogP contribution in [0.4, 0.5) is 5.69 Å². The van der Waals surface area contributed by atoms with E-state index in [1.807, 2.05) is 35.7 Å². The lowest BCUT2D eigenvalue weighted by Gasteiger charge is -2.06. The number of halogens is 2. The van der Waals surface area contributed by atoms with Crippen LogP contribution in [-0.4, -0.2) is 10.9 Å². The first-order valence-corrected chi connectivity index (χ1v) is 10.4. The number of nitrogen functional groups attached to an aromatic ring is 1. The van der Waals surface area contributed by atoms with Crippen molar-refractivity contribution >= 4 is 67.7 Å². The number of amides is 1. The summed E-state index contributed by atoms with van der Waals surface area (Å²) in [5, 5.41) is 6.60. The van der Waals surface area contributed by atoms with Crippen LogP contribution < -0.4 is 11.1 Å². The third-order valence-corrected chi connectivity index (χ3v) is 6.76. The van der Waals surface area contributed by atoms with Crippen LogP contribution in [0.5, 0.6) is 0 Å². The van der Waals surface area contributed by atoms with E-state index in [2.05, 4.69) is 10.3 Å². The van der Waals surface area contributed by atoms with E-state index >= 15 is 0 Å². The van der Waals surface area contributed by atoms with Gasteiger partial charge in [-0.1, -0.05) is 35.3 Å².